The van der Waals surface area contributed by atoms with E-state index in [1.54, 1.807) is 23.0 Å². The number of pyridine rings is 1. The smallest absolute Gasteiger partial charge is 0.304 e. The number of anilines is 2. The molecule has 0 bridgehead atoms. The number of aromatic nitrogens is 2. The zero-order chi connectivity index (χ0) is 28.5. The van der Waals surface area contributed by atoms with Gasteiger partial charge < -0.3 is 5.11 Å². The van der Waals surface area contributed by atoms with E-state index in [2.05, 4.69) is 4.98 Å². The van der Waals surface area contributed by atoms with Gasteiger partial charge >= 0.3 is 5.97 Å². The monoisotopic (exact) mass is 572 g/mol. The van der Waals surface area contributed by atoms with Gasteiger partial charge in [-0.2, -0.15) is 0 Å². The van der Waals surface area contributed by atoms with Crippen LogP contribution < -0.4 is 9.80 Å². The predicted molar refractivity (Wildman–Crippen MR) is 160 cm³/mol. The Kier molecular flexibility index (Phi) is 7.88. The largest absolute Gasteiger partial charge is 0.481 e. The maximum atomic E-state index is 13.9. The Morgan fingerprint density at radius 2 is 1.73 bits per heavy atom. The number of aliphatic carboxylic acids is 1. The average Bonchev–Trinajstić information content (AvgIpc) is 3.90. The van der Waals surface area contributed by atoms with Crippen LogP contribution in [0.2, 0.25) is 0 Å². The highest BCUT2D eigenvalue weighted by molar-refractivity contribution is 7.14. The van der Waals surface area contributed by atoms with Crippen molar-refractivity contribution < 1.29 is 19.5 Å². The minimum atomic E-state index is -0.923. The summed E-state index contributed by atoms with van der Waals surface area (Å²) in [6.45, 7) is 0. The van der Waals surface area contributed by atoms with Gasteiger partial charge in [-0.3, -0.25) is 24.2 Å². The van der Waals surface area contributed by atoms with Crippen molar-refractivity contribution in [2.75, 3.05) is 16.8 Å². The average molecular weight is 573 g/mol. The molecule has 6 rings (SSSR count). The highest BCUT2D eigenvalue weighted by atomic mass is 32.1. The van der Waals surface area contributed by atoms with Crippen LogP contribution >= 0.6 is 11.3 Å². The van der Waals surface area contributed by atoms with Crippen LogP contribution in [0.4, 0.5) is 10.9 Å². The second-order valence-corrected chi connectivity index (χ2v) is 12.6. The van der Waals surface area contributed by atoms with E-state index >= 15 is 0 Å². The zero-order valence-corrected chi connectivity index (χ0v) is 24.2. The molecule has 0 aliphatic heterocycles. The Morgan fingerprint density at radius 3 is 2.37 bits per heavy atom. The van der Waals surface area contributed by atoms with Crippen LogP contribution in [0.3, 0.4) is 0 Å². The Hall–Kier alpha value is -3.59. The van der Waals surface area contributed by atoms with E-state index in [4.69, 9.17) is 4.98 Å². The van der Waals surface area contributed by atoms with Crippen LogP contribution in [0.25, 0.3) is 22.4 Å². The number of amides is 2. The van der Waals surface area contributed by atoms with Gasteiger partial charge in [-0.1, -0.05) is 49.9 Å². The summed E-state index contributed by atoms with van der Waals surface area (Å²) >= 11 is 1.44. The number of thiazole rings is 1. The molecule has 3 fully saturated rings. The lowest BCUT2D eigenvalue weighted by molar-refractivity contribution is -0.141. The number of carboxylic acids is 1. The van der Waals surface area contributed by atoms with Crippen molar-refractivity contribution in [1.29, 1.82) is 0 Å². The molecule has 3 aliphatic carbocycles. The number of carboxylic acid groups (broad SMARTS) is 1. The Morgan fingerprint density at radius 1 is 1.00 bits per heavy atom. The predicted octanol–water partition coefficient (Wildman–Crippen LogP) is 6.41. The van der Waals surface area contributed by atoms with Crippen molar-refractivity contribution >= 4 is 40.1 Å². The van der Waals surface area contributed by atoms with Crippen molar-refractivity contribution in [3.8, 4) is 22.4 Å². The van der Waals surface area contributed by atoms with E-state index in [1.807, 2.05) is 41.8 Å². The lowest BCUT2D eigenvalue weighted by atomic mass is 9.90. The van der Waals surface area contributed by atoms with E-state index in [9.17, 15) is 19.5 Å². The van der Waals surface area contributed by atoms with Gasteiger partial charge in [-0.25, -0.2) is 9.97 Å². The van der Waals surface area contributed by atoms with Gasteiger partial charge in [0.05, 0.1) is 12.1 Å². The Bertz CT molecular complexity index is 1420. The van der Waals surface area contributed by atoms with E-state index in [0.29, 0.717) is 23.3 Å². The minimum absolute atomic E-state index is 0.0868. The van der Waals surface area contributed by atoms with Gasteiger partial charge in [-0.05, 0) is 55.7 Å². The third-order valence-electron chi connectivity index (χ3n) is 8.57. The summed E-state index contributed by atoms with van der Waals surface area (Å²) in [5.74, 6) is -0.241. The SMILES string of the molecule is CN(C(=O)C1CC1)c1ccc(-c2ccccc2-c2csc(N(C(=O)[C@@H](CC(=O)O)CC3CCCC3)C3CC3)n2)cn1. The number of carbonyl (C=O) groups is 3. The molecule has 9 heteroatoms. The van der Waals surface area contributed by atoms with Crippen molar-refractivity contribution in [1.82, 2.24) is 9.97 Å². The molecule has 0 saturated heterocycles. The lowest BCUT2D eigenvalue weighted by Crippen LogP contribution is -2.39. The van der Waals surface area contributed by atoms with Crippen LogP contribution in [0.1, 0.15) is 64.2 Å². The molecule has 214 valence electrons. The summed E-state index contributed by atoms with van der Waals surface area (Å²) in [7, 11) is 1.77. The highest BCUT2D eigenvalue weighted by Gasteiger charge is 2.40. The standard InChI is InChI=1S/C32H36N4O4S/c1-35(30(39)21-10-11-21)28-15-12-22(18-33-28)25-8-4-5-9-26(25)27-19-41-32(34-27)36(24-13-14-24)31(40)23(17-29(37)38)16-20-6-2-3-7-20/h4-5,8-9,12,15,18-21,23-24H,2-3,6-7,10-11,13-14,16-17H2,1H3,(H,37,38)/t23-/m1/s1. The maximum absolute atomic E-state index is 13.9. The van der Waals surface area contributed by atoms with Gasteiger partial charge in [-0.15, -0.1) is 11.3 Å². The first-order valence-electron chi connectivity index (χ1n) is 14.7. The lowest BCUT2D eigenvalue weighted by Gasteiger charge is -2.26. The summed E-state index contributed by atoms with van der Waals surface area (Å²) in [4.78, 5) is 51.0. The van der Waals surface area contributed by atoms with Crippen LogP contribution in [-0.2, 0) is 14.4 Å². The second kappa shape index (κ2) is 11.7. The van der Waals surface area contributed by atoms with Crippen molar-refractivity contribution in [2.45, 2.75) is 70.3 Å². The summed E-state index contributed by atoms with van der Waals surface area (Å²) in [6.07, 6.45) is 10.5. The third kappa shape index (κ3) is 6.20. The molecule has 1 aromatic carbocycles. The first kappa shape index (κ1) is 27.6. The van der Waals surface area contributed by atoms with E-state index in [-0.39, 0.29) is 30.2 Å². The second-order valence-electron chi connectivity index (χ2n) is 11.8. The fourth-order valence-electron chi connectivity index (χ4n) is 6.01. The van der Waals surface area contributed by atoms with Gasteiger partial charge in [0.25, 0.3) is 0 Å². The third-order valence-corrected chi connectivity index (χ3v) is 9.41. The number of hydrogen-bond donors (Lipinski definition) is 1. The van der Waals surface area contributed by atoms with Gasteiger partial charge in [0.15, 0.2) is 5.13 Å². The minimum Gasteiger partial charge on any atom is -0.481 e. The maximum Gasteiger partial charge on any atom is 0.304 e. The summed E-state index contributed by atoms with van der Waals surface area (Å²) in [5.41, 5.74) is 3.59. The first-order valence-corrected chi connectivity index (χ1v) is 15.6. The number of nitrogens with zero attached hydrogens (tertiary/aromatic N) is 4. The van der Waals surface area contributed by atoms with Gasteiger partial charge in [0.1, 0.15) is 5.82 Å². The Labute approximate surface area is 244 Å². The highest BCUT2D eigenvalue weighted by Crippen LogP contribution is 2.41. The van der Waals surface area contributed by atoms with E-state index < -0.39 is 11.9 Å². The molecule has 41 heavy (non-hydrogen) atoms. The molecule has 1 atom stereocenters. The molecule has 3 aliphatic rings. The van der Waals surface area contributed by atoms with Crippen molar-refractivity contribution in [3.63, 3.8) is 0 Å². The van der Waals surface area contributed by atoms with Crippen LogP contribution in [0, 0.1) is 17.8 Å². The number of rotatable bonds is 11. The van der Waals surface area contributed by atoms with Gasteiger partial charge in [0, 0.05) is 47.6 Å². The first-order chi connectivity index (χ1) is 19.9. The number of carbonyl (C=O) groups excluding carboxylic acids is 2. The van der Waals surface area contributed by atoms with Crippen LogP contribution in [0.5, 0.6) is 0 Å². The number of benzene rings is 1. The molecule has 2 amide bonds. The molecule has 0 radical (unpaired) electrons. The molecule has 0 spiro atoms. The quantitative estimate of drug-likeness (QED) is 0.285. The molecule has 2 aromatic heterocycles. The fraction of sp³-hybridized carbons (Fsp3) is 0.469. The fourth-order valence-corrected chi connectivity index (χ4v) is 6.91. The molecule has 3 saturated carbocycles. The van der Waals surface area contributed by atoms with E-state index in [1.165, 1.54) is 11.3 Å². The molecule has 8 nitrogen and oxygen atoms in total. The van der Waals surface area contributed by atoms with Gasteiger partial charge in [0.2, 0.25) is 11.8 Å². The molecular weight excluding hydrogens is 536 g/mol. The molecule has 0 unspecified atom stereocenters. The molecule has 3 aromatic rings. The molecule has 2 heterocycles. The Balaban J connectivity index is 1.25. The van der Waals surface area contributed by atoms with Crippen molar-refractivity contribution in [2.24, 2.45) is 17.8 Å². The summed E-state index contributed by atoms with van der Waals surface area (Å²) < 4.78 is 0. The molecular formula is C32H36N4O4S. The topological polar surface area (TPSA) is 104 Å². The summed E-state index contributed by atoms with van der Waals surface area (Å²) in [5, 5.41) is 12.2. The van der Waals surface area contributed by atoms with E-state index in [0.717, 1.165) is 73.8 Å². The van der Waals surface area contributed by atoms with Crippen LogP contribution in [-0.4, -0.2) is 45.9 Å². The normalized spacial score (nSPS) is 17.8. The van der Waals surface area contributed by atoms with Crippen LogP contribution in [0.15, 0.2) is 48.0 Å². The van der Waals surface area contributed by atoms with Crippen molar-refractivity contribution in [3.05, 3.63) is 48.0 Å². The number of hydrogen-bond acceptors (Lipinski definition) is 6. The zero-order valence-electron chi connectivity index (χ0n) is 23.4. The summed E-state index contributed by atoms with van der Waals surface area (Å²) in [6, 6.07) is 11.9. The molecule has 1 N–H and O–H groups in total.